The van der Waals surface area contributed by atoms with Crippen molar-refractivity contribution < 1.29 is 17.6 Å². The van der Waals surface area contributed by atoms with Gasteiger partial charge in [0.2, 0.25) is 15.9 Å². The molecule has 0 aromatic heterocycles. The highest BCUT2D eigenvalue weighted by Gasteiger charge is 2.17. The fraction of sp³-hybridized carbons (Fsp3) is 0.278. The first kappa shape index (κ1) is 19.1. The Balaban J connectivity index is 1.89. The van der Waals surface area contributed by atoms with Crippen molar-refractivity contribution in [3.05, 3.63) is 66.0 Å². The summed E-state index contributed by atoms with van der Waals surface area (Å²) in [6, 6.07) is 14.9. The Morgan fingerprint density at radius 2 is 1.68 bits per heavy atom. The number of anilines is 1. The summed E-state index contributed by atoms with van der Waals surface area (Å²) in [5.74, 6) is -0.581. The molecule has 0 saturated carbocycles. The van der Waals surface area contributed by atoms with E-state index in [1.165, 1.54) is 16.4 Å². The van der Waals surface area contributed by atoms with E-state index in [-0.39, 0.29) is 31.2 Å². The van der Waals surface area contributed by atoms with E-state index in [0.717, 1.165) is 11.8 Å². The first-order valence-electron chi connectivity index (χ1n) is 7.89. The van der Waals surface area contributed by atoms with Crippen LogP contribution in [-0.4, -0.2) is 38.0 Å². The van der Waals surface area contributed by atoms with E-state index in [4.69, 9.17) is 0 Å². The zero-order valence-corrected chi connectivity index (χ0v) is 14.8. The average molecular weight is 364 g/mol. The molecule has 2 aromatic carbocycles. The molecule has 5 nitrogen and oxygen atoms in total. The first-order chi connectivity index (χ1) is 11.8. The summed E-state index contributed by atoms with van der Waals surface area (Å²) in [7, 11) is -3.43. The molecule has 0 radical (unpaired) electrons. The van der Waals surface area contributed by atoms with Crippen LogP contribution in [0.25, 0.3) is 0 Å². The van der Waals surface area contributed by atoms with Gasteiger partial charge in [-0.15, -0.1) is 0 Å². The minimum atomic E-state index is -3.43. The van der Waals surface area contributed by atoms with Gasteiger partial charge < -0.3 is 5.32 Å². The average Bonchev–Trinajstić information content (AvgIpc) is 2.56. The van der Waals surface area contributed by atoms with Crippen molar-refractivity contribution in [3.63, 3.8) is 0 Å². The second-order valence-corrected chi connectivity index (χ2v) is 7.69. The molecule has 0 spiro atoms. The number of carbonyl (C=O) groups is 1. The molecule has 0 heterocycles. The second-order valence-electron chi connectivity index (χ2n) is 5.70. The van der Waals surface area contributed by atoms with Crippen LogP contribution in [0.4, 0.5) is 10.1 Å². The maximum Gasteiger partial charge on any atom is 0.225 e. The molecule has 2 aromatic rings. The lowest BCUT2D eigenvalue weighted by Gasteiger charge is -2.19. The Morgan fingerprint density at radius 1 is 1.04 bits per heavy atom. The van der Waals surface area contributed by atoms with Crippen LogP contribution in [-0.2, 0) is 21.2 Å². The number of nitrogens with one attached hydrogen (secondary N) is 1. The third-order valence-electron chi connectivity index (χ3n) is 3.68. The van der Waals surface area contributed by atoms with Gasteiger partial charge in [-0.1, -0.05) is 30.3 Å². The lowest BCUT2D eigenvalue weighted by molar-refractivity contribution is -0.116. The normalized spacial score (nSPS) is 11.5. The highest BCUT2D eigenvalue weighted by atomic mass is 32.2. The predicted molar refractivity (Wildman–Crippen MR) is 96.2 cm³/mol. The topological polar surface area (TPSA) is 66.5 Å². The van der Waals surface area contributed by atoms with Crippen LogP contribution in [0.1, 0.15) is 12.0 Å². The summed E-state index contributed by atoms with van der Waals surface area (Å²) in [4.78, 5) is 12.0. The van der Waals surface area contributed by atoms with Crippen molar-refractivity contribution in [3.8, 4) is 0 Å². The minimum absolute atomic E-state index is 0.0609. The van der Waals surface area contributed by atoms with E-state index in [1.807, 2.05) is 6.07 Å². The Bertz CT molecular complexity index is 793. The number of hydrogen-bond donors (Lipinski definition) is 1. The van der Waals surface area contributed by atoms with Crippen molar-refractivity contribution in [1.82, 2.24) is 4.31 Å². The van der Waals surface area contributed by atoms with Crippen LogP contribution >= 0.6 is 0 Å². The van der Waals surface area contributed by atoms with Gasteiger partial charge in [-0.05, 0) is 36.2 Å². The van der Waals surface area contributed by atoms with E-state index in [1.54, 1.807) is 36.4 Å². The predicted octanol–water partition coefficient (Wildman–Crippen LogP) is 2.66. The van der Waals surface area contributed by atoms with Gasteiger partial charge in [0.15, 0.2) is 0 Å². The van der Waals surface area contributed by atoms with Gasteiger partial charge in [-0.2, -0.15) is 0 Å². The molecule has 0 saturated heterocycles. The quantitative estimate of drug-likeness (QED) is 0.783. The number of rotatable bonds is 8. The van der Waals surface area contributed by atoms with Crippen LogP contribution in [0.5, 0.6) is 0 Å². The fourth-order valence-electron chi connectivity index (χ4n) is 2.32. The summed E-state index contributed by atoms with van der Waals surface area (Å²) in [5, 5.41) is 2.73. The molecular weight excluding hydrogens is 343 g/mol. The van der Waals surface area contributed by atoms with Gasteiger partial charge in [0, 0.05) is 25.2 Å². The maximum atomic E-state index is 12.9. The van der Waals surface area contributed by atoms with Crippen LogP contribution in [0.2, 0.25) is 0 Å². The minimum Gasteiger partial charge on any atom is -0.326 e. The van der Waals surface area contributed by atoms with Crippen molar-refractivity contribution >= 4 is 21.6 Å². The zero-order chi connectivity index (χ0) is 18.3. The van der Waals surface area contributed by atoms with Crippen LogP contribution in [0.3, 0.4) is 0 Å². The molecule has 0 fully saturated rings. The third-order valence-corrected chi connectivity index (χ3v) is 4.98. The summed E-state index contributed by atoms with van der Waals surface area (Å²) in [5.41, 5.74) is 1.51. The Hall–Kier alpha value is -2.25. The molecule has 25 heavy (non-hydrogen) atoms. The lowest BCUT2D eigenvalue weighted by Crippen LogP contribution is -2.34. The van der Waals surface area contributed by atoms with Crippen molar-refractivity contribution in [2.45, 2.75) is 12.8 Å². The molecule has 2 rings (SSSR count). The van der Waals surface area contributed by atoms with E-state index in [0.29, 0.717) is 12.1 Å². The molecule has 1 N–H and O–H groups in total. The van der Waals surface area contributed by atoms with Gasteiger partial charge in [0.1, 0.15) is 5.82 Å². The first-order valence-corrected chi connectivity index (χ1v) is 9.74. The van der Waals surface area contributed by atoms with Crippen molar-refractivity contribution in [2.24, 2.45) is 0 Å². The largest absolute Gasteiger partial charge is 0.326 e. The number of sulfonamides is 1. The third kappa shape index (κ3) is 6.64. The number of hydrogen-bond acceptors (Lipinski definition) is 3. The van der Waals surface area contributed by atoms with Crippen LogP contribution in [0, 0.1) is 5.82 Å². The van der Waals surface area contributed by atoms with Gasteiger partial charge in [0.25, 0.3) is 0 Å². The number of nitrogens with zero attached hydrogens (tertiary/aromatic N) is 1. The molecule has 1 amide bonds. The van der Waals surface area contributed by atoms with Gasteiger partial charge in [-0.25, -0.2) is 17.1 Å². The highest BCUT2D eigenvalue weighted by Crippen LogP contribution is 2.09. The maximum absolute atomic E-state index is 12.9. The SMILES string of the molecule is CS(=O)(=O)N(CCC(=O)Nc1ccccc1)CCc1ccc(F)cc1. The van der Waals surface area contributed by atoms with Gasteiger partial charge >= 0.3 is 0 Å². The fourth-order valence-corrected chi connectivity index (χ4v) is 3.17. The summed E-state index contributed by atoms with van der Waals surface area (Å²) < 4.78 is 38.0. The lowest BCUT2D eigenvalue weighted by atomic mass is 10.1. The zero-order valence-electron chi connectivity index (χ0n) is 14.0. The molecule has 0 aliphatic rings. The van der Waals surface area contributed by atoms with Crippen LogP contribution < -0.4 is 5.32 Å². The highest BCUT2D eigenvalue weighted by molar-refractivity contribution is 7.88. The van der Waals surface area contributed by atoms with E-state index in [2.05, 4.69) is 5.32 Å². The number of halogens is 1. The molecule has 0 unspecified atom stereocenters. The van der Waals surface area contributed by atoms with E-state index < -0.39 is 10.0 Å². The van der Waals surface area contributed by atoms with Crippen LogP contribution in [0.15, 0.2) is 54.6 Å². The number of para-hydroxylation sites is 1. The Labute approximate surface area is 147 Å². The smallest absolute Gasteiger partial charge is 0.225 e. The number of amides is 1. The molecule has 0 bridgehead atoms. The number of carbonyl (C=O) groups excluding carboxylic acids is 1. The molecule has 0 aliphatic carbocycles. The summed E-state index contributed by atoms with van der Waals surface area (Å²) >= 11 is 0. The van der Waals surface area contributed by atoms with E-state index in [9.17, 15) is 17.6 Å². The van der Waals surface area contributed by atoms with E-state index >= 15 is 0 Å². The van der Waals surface area contributed by atoms with Gasteiger partial charge in [0.05, 0.1) is 6.26 Å². The summed E-state index contributed by atoms with van der Waals surface area (Å²) in [6.45, 7) is 0.335. The molecule has 7 heteroatoms. The van der Waals surface area contributed by atoms with Gasteiger partial charge in [-0.3, -0.25) is 4.79 Å². The van der Waals surface area contributed by atoms with Crippen molar-refractivity contribution in [1.29, 1.82) is 0 Å². The molecule has 0 atom stereocenters. The molecular formula is C18H21FN2O3S. The monoisotopic (exact) mass is 364 g/mol. The second kappa shape index (κ2) is 8.73. The molecule has 0 aliphatic heterocycles. The van der Waals surface area contributed by atoms with Crippen molar-refractivity contribution in [2.75, 3.05) is 24.7 Å². The Kier molecular flexibility index (Phi) is 6.66. The Morgan fingerprint density at radius 3 is 2.28 bits per heavy atom. The standard InChI is InChI=1S/C18H21FN2O3S/c1-25(23,24)21(13-11-15-7-9-16(19)10-8-15)14-12-18(22)20-17-5-3-2-4-6-17/h2-10H,11-14H2,1H3,(H,20,22). The number of benzene rings is 2. The molecule has 134 valence electrons. The summed E-state index contributed by atoms with van der Waals surface area (Å²) in [6.07, 6.45) is 1.63.